The summed E-state index contributed by atoms with van der Waals surface area (Å²) in [6, 6.07) is 10.8. The van der Waals surface area contributed by atoms with Gasteiger partial charge in [-0.1, -0.05) is 13.3 Å². The van der Waals surface area contributed by atoms with Crippen LogP contribution in [0.5, 0.6) is 5.75 Å². The second-order valence-electron chi connectivity index (χ2n) is 4.90. The number of nitrogens with one attached hydrogen (secondary N) is 2. The number of rotatable bonds is 7. The lowest BCUT2D eigenvalue weighted by molar-refractivity contribution is 0.102. The van der Waals surface area contributed by atoms with Crippen molar-refractivity contribution >= 4 is 17.4 Å². The van der Waals surface area contributed by atoms with Crippen molar-refractivity contribution < 1.29 is 9.53 Å². The maximum atomic E-state index is 12.1. The van der Waals surface area contributed by atoms with Crippen LogP contribution in [-0.2, 0) is 0 Å². The maximum absolute atomic E-state index is 12.1. The SMILES string of the molecule is CCCCNc1ccc(C(=O)Nc2ccc(OC)cc2)cn1. The highest BCUT2D eigenvalue weighted by Gasteiger charge is 2.07. The van der Waals surface area contributed by atoms with E-state index in [1.165, 1.54) is 0 Å². The molecule has 1 amide bonds. The number of carbonyl (C=O) groups excluding carboxylic acids is 1. The third-order valence-corrected chi connectivity index (χ3v) is 3.21. The standard InChI is InChI=1S/C17H21N3O2/c1-3-4-11-18-16-10-5-13(12-19-16)17(21)20-14-6-8-15(22-2)9-7-14/h5-10,12H,3-4,11H2,1-2H3,(H,18,19)(H,20,21). The predicted octanol–water partition coefficient (Wildman–Crippen LogP) is 3.55. The molecule has 1 aromatic carbocycles. The Balaban J connectivity index is 1.94. The first-order chi connectivity index (χ1) is 10.7. The van der Waals surface area contributed by atoms with Crippen LogP contribution in [0.3, 0.4) is 0 Å². The number of methoxy groups -OCH3 is 1. The molecule has 0 saturated heterocycles. The van der Waals surface area contributed by atoms with Crippen molar-refractivity contribution in [3.8, 4) is 5.75 Å². The van der Waals surface area contributed by atoms with Gasteiger partial charge in [-0.3, -0.25) is 4.79 Å². The van der Waals surface area contributed by atoms with E-state index in [0.29, 0.717) is 5.56 Å². The normalized spacial score (nSPS) is 10.1. The third kappa shape index (κ3) is 4.48. The van der Waals surface area contributed by atoms with Crippen LogP contribution < -0.4 is 15.4 Å². The maximum Gasteiger partial charge on any atom is 0.257 e. The number of unbranched alkanes of at least 4 members (excludes halogenated alkanes) is 1. The number of aromatic nitrogens is 1. The Bertz CT molecular complexity index is 594. The van der Waals surface area contributed by atoms with Crippen molar-refractivity contribution in [3.63, 3.8) is 0 Å². The second-order valence-corrected chi connectivity index (χ2v) is 4.90. The van der Waals surface area contributed by atoms with Crippen LogP contribution in [0, 0.1) is 0 Å². The number of anilines is 2. The molecule has 0 atom stereocenters. The third-order valence-electron chi connectivity index (χ3n) is 3.21. The highest BCUT2D eigenvalue weighted by molar-refractivity contribution is 6.04. The van der Waals surface area contributed by atoms with Crippen LogP contribution in [0.15, 0.2) is 42.6 Å². The second kappa shape index (κ2) is 8.02. The Hall–Kier alpha value is -2.56. The van der Waals surface area contributed by atoms with E-state index in [-0.39, 0.29) is 5.91 Å². The summed E-state index contributed by atoms with van der Waals surface area (Å²) in [5.41, 5.74) is 1.24. The molecule has 0 aliphatic carbocycles. The minimum absolute atomic E-state index is 0.183. The fourth-order valence-electron chi connectivity index (χ4n) is 1.90. The molecule has 1 aromatic heterocycles. The Morgan fingerprint density at radius 3 is 2.55 bits per heavy atom. The molecule has 0 spiro atoms. The molecule has 2 aromatic rings. The zero-order chi connectivity index (χ0) is 15.8. The Kier molecular flexibility index (Phi) is 5.77. The van der Waals surface area contributed by atoms with Crippen molar-refractivity contribution in [1.29, 1.82) is 0 Å². The number of pyridine rings is 1. The number of benzene rings is 1. The van der Waals surface area contributed by atoms with E-state index >= 15 is 0 Å². The van der Waals surface area contributed by atoms with Crippen molar-refractivity contribution in [1.82, 2.24) is 4.98 Å². The summed E-state index contributed by atoms with van der Waals surface area (Å²) >= 11 is 0. The zero-order valence-electron chi connectivity index (χ0n) is 12.9. The fraction of sp³-hybridized carbons (Fsp3) is 0.294. The van der Waals surface area contributed by atoms with Gasteiger partial charge in [-0.2, -0.15) is 0 Å². The summed E-state index contributed by atoms with van der Waals surface area (Å²) in [5.74, 6) is 1.36. The average Bonchev–Trinajstić information content (AvgIpc) is 2.56. The van der Waals surface area contributed by atoms with E-state index in [1.807, 2.05) is 6.07 Å². The first-order valence-corrected chi connectivity index (χ1v) is 7.38. The minimum atomic E-state index is -0.183. The molecular formula is C17H21N3O2. The van der Waals surface area contributed by atoms with Gasteiger partial charge in [-0.05, 0) is 42.8 Å². The minimum Gasteiger partial charge on any atom is -0.497 e. The molecule has 0 bridgehead atoms. The van der Waals surface area contributed by atoms with Gasteiger partial charge in [0.1, 0.15) is 11.6 Å². The average molecular weight is 299 g/mol. The summed E-state index contributed by atoms with van der Waals surface area (Å²) in [5, 5.41) is 6.04. The van der Waals surface area contributed by atoms with Crippen LogP contribution in [0.4, 0.5) is 11.5 Å². The molecule has 5 nitrogen and oxygen atoms in total. The Labute approximate surface area is 130 Å². The predicted molar refractivity (Wildman–Crippen MR) is 88.6 cm³/mol. The van der Waals surface area contributed by atoms with E-state index in [2.05, 4.69) is 22.5 Å². The highest BCUT2D eigenvalue weighted by atomic mass is 16.5. The van der Waals surface area contributed by atoms with Gasteiger partial charge in [-0.25, -0.2) is 4.98 Å². The molecule has 5 heteroatoms. The van der Waals surface area contributed by atoms with Gasteiger partial charge < -0.3 is 15.4 Å². The van der Waals surface area contributed by atoms with E-state index < -0.39 is 0 Å². The van der Waals surface area contributed by atoms with Gasteiger partial charge in [0.2, 0.25) is 0 Å². The van der Waals surface area contributed by atoms with Crippen LogP contribution in [-0.4, -0.2) is 24.5 Å². The summed E-state index contributed by atoms with van der Waals surface area (Å²) in [6.45, 7) is 3.03. The molecule has 2 rings (SSSR count). The molecule has 0 aliphatic rings. The highest BCUT2D eigenvalue weighted by Crippen LogP contribution is 2.16. The van der Waals surface area contributed by atoms with Crippen LogP contribution in [0.2, 0.25) is 0 Å². The van der Waals surface area contributed by atoms with Crippen LogP contribution in [0.1, 0.15) is 30.1 Å². The monoisotopic (exact) mass is 299 g/mol. The summed E-state index contributed by atoms with van der Waals surface area (Å²) in [4.78, 5) is 16.4. The first-order valence-electron chi connectivity index (χ1n) is 7.38. The number of nitrogens with zero attached hydrogens (tertiary/aromatic N) is 1. The molecule has 1 heterocycles. The quantitative estimate of drug-likeness (QED) is 0.767. The lowest BCUT2D eigenvalue weighted by Crippen LogP contribution is -2.12. The Morgan fingerprint density at radius 1 is 1.18 bits per heavy atom. The van der Waals surface area contributed by atoms with Gasteiger partial charge >= 0.3 is 0 Å². The summed E-state index contributed by atoms with van der Waals surface area (Å²) in [6.07, 6.45) is 3.81. The van der Waals surface area contributed by atoms with Crippen LogP contribution in [0.25, 0.3) is 0 Å². The largest absolute Gasteiger partial charge is 0.497 e. The molecule has 22 heavy (non-hydrogen) atoms. The molecule has 0 aliphatic heterocycles. The molecule has 0 radical (unpaired) electrons. The van der Waals surface area contributed by atoms with Crippen molar-refractivity contribution in [2.24, 2.45) is 0 Å². The number of ether oxygens (including phenoxy) is 1. The number of carbonyl (C=O) groups is 1. The molecule has 0 saturated carbocycles. The van der Waals surface area contributed by atoms with Crippen LogP contribution >= 0.6 is 0 Å². The summed E-state index contributed by atoms with van der Waals surface area (Å²) in [7, 11) is 1.61. The number of hydrogen-bond donors (Lipinski definition) is 2. The van der Waals surface area contributed by atoms with E-state index in [9.17, 15) is 4.79 Å². The lowest BCUT2D eigenvalue weighted by atomic mass is 10.2. The smallest absolute Gasteiger partial charge is 0.257 e. The topological polar surface area (TPSA) is 63.2 Å². The van der Waals surface area contributed by atoms with E-state index in [1.54, 1.807) is 43.6 Å². The van der Waals surface area contributed by atoms with Gasteiger partial charge in [0.15, 0.2) is 0 Å². The van der Waals surface area contributed by atoms with Crippen molar-refractivity contribution in [2.75, 3.05) is 24.3 Å². The van der Waals surface area contributed by atoms with E-state index in [4.69, 9.17) is 4.74 Å². The number of amides is 1. The van der Waals surface area contributed by atoms with Gasteiger partial charge in [0.25, 0.3) is 5.91 Å². The number of hydrogen-bond acceptors (Lipinski definition) is 4. The van der Waals surface area contributed by atoms with Gasteiger partial charge in [-0.15, -0.1) is 0 Å². The Morgan fingerprint density at radius 2 is 1.95 bits per heavy atom. The van der Waals surface area contributed by atoms with Gasteiger partial charge in [0, 0.05) is 18.4 Å². The zero-order valence-corrected chi connectivity index (χ0v) is 12.9. The lowest BCUT2D eigenvalue weighted by Gasteiger charge is -2.07. The molecular weight excluding hydrogens is 278 g/mol. The fourth-order valence-corrected chi connectivity index (χ4v) is 1.90. The molecule has 116 valence electrons. The molecule has 0 fully saturated rings. The van der Waals surface area contributed by atoms with Crippen molar-refractivity contribution in [2.45, 2.75) is 19.8 Å². The first kappa shape index (κ1) is 15.8. The molecule has 2 N–H and O–H groups in total. The van der Waals surface area contributed by atoms with Gasteiger partial charge in [0.05, 0.1) is 12.7 Å². The van der Waals surface area contributed by atoms with Crippen molar-refractivity contribution in [3.05, 3.63) is 48.2 Å². The van der Waals surface area contributed by atoms with E-state index in [0.717, 1.165) is 36.6 Å². The summed E-state index contributed by atoms with van der Waals surface area (Å²) < 4.78 is 5.08. The molecule has 0 unspecified atom stereocenters.